The molecule has 2 unspecified atom stereocenters. The second-order valence-corrected chi connectivity index (χ2v) is 7.51. The van der Waals surface area contributed by atoms with Crippen LogP contribution in [0.4, 0.5) is 0 Å². The quantitative estimate of drug-likeness (QED) is 0.561. The Bertz CT molecular complexity index is 132. The van der Waals surface area contributed by atoms with Crippen LogP contribution in [0.5, 0.6) is 0 Å². The molecule has 0 N–H and O–H groups in total. The van der Waals surface area contributed by atoms with Gasteiger partial charge in [0.2, 0.25) is 0 Å². The van der Waals surface area contributed by atoms with E-state index in [2.05, 4.69) is 11.8 Å². The topological polar surface area (TPSA) is 12.5 Å². The number of thioether (sulfide) groups is 1. The van der Waals surface area contributed by atoms with Crippen molar-refractivity contribution >= 4 is 26.7 Å². The first kappa shape index (κ1) is 9.39. The third-order valence-electron chi connectivity index (χ3n) is 2.28. The van der Waals surface area contributed by atoms with E-state index in [9.17, 15) is 0 Å². The average Bonchev–Trinajstić information content (AvgIpc) is 2.90. The maximum absolute atomic E-state index is 5.18. The fourth-order valence-electron chi connectivity index (χ4n) is 1.43. The third kappa shape index (κ3) is 3.29. The van der Waals surface area contributed by atoms with Crippen molar-refractivity contribution in [1.29, 1.82) is 0 Å². The summed E-state index contributed by atoms with van der Waals surface area (Å²) in [5, 5.41) is 1.54. The van der Waals surface area contributed by atoms with E-state index in [0.29, 0.717) is 6.10 Å². The fraction of sp³-hybridized carbons (Fsp3) is 1.00. The number of rotatable bonds is 4. The molecule has 2 rings (SSSR count). The van der Waals surface area contributed by atoms with Crippen molar-refractivity contribution < 1.29 is 4.74 Å². The Morgan fingerprint density at radius 1 is 1.33 bits per heavy atom. The Labute approximate surface area is 85.2 Å². The molecule has 0 saturated carbocycles. The van der Waals surface area contributed by atoms with Gasteiger partial charge in [0.15, 0.2) is 0 Å². The van der Waals surface area contributed by atoms with E-state index < -0.39 is 0 Å². The molecule has 0 bridgehead atoms. The van der Waals surface area contributed by atoms with Crippen molar-refractivity contribution in [3.63, 3.8) is 0 Å². The molecule has 2 fully saturated rings. The fourth-order valence-corrected chi connectivity index (χ4v) is 5.94. The van der Waals surface area contributed by atoms with Gasteiger partial charge in [-0.15, -0.1) is 0 Å². The molecule has 12 heavy (non-hydrogen) atoms. The number of hydrogen-bond donors (Lipinski definition) is 0. The van der Waals surface area contributed by atoms with E-state index in [1.54, 1.807) is 0 Å². The summed E-state index contributed by atoms with van der Waals surface area (Å²) in [5.41, 5.74) is 0. The first-order valence-corrected chi connectivity index (χ1v) is 8.11. The summed E-state index contributed by atoms with van der Waals surface area (Å²) in [6.45, 7) is 1.03. The second-order valence-electron chi connectivity index (χ2n) is 3.48. The summed E-state index contributed by atoms with van der Waals surface area (Å²) in [6, 6.07) is 0. The summed E-state index contributed by atoms with van der Waals surface area (Å²) in [7, 11) is 0. The van der Waals surface area contributed by atoms with Crippen LogP contribution in [-0.4, -0.2) is 39.2 Å². The van der Waals surface area contributed by atoms with E-state index in [1.807, 2.05) is 0 Å². The monoisotopic (exact) mass is 252 g/mol. The van der Waals surface area contributed by atoms with Crippen molar-refractivity contribution in [3.05, 3.63) is 0 Å². The van der Waals surface area contributed by atoms with Crippen molar-refractivity contribution in [1.82, 2.24) is 0 Å². The minimum atomic E-state index is 0.631. The van der Waals surface area contributed by atoms with Gasteiger partial charge in [0.25, 0.3) is 0 Å². The Hall–Kier alpha value is 0.829. The van der Waals surface area contributed by atoms with Crippen molar-refractivity contribution in [2.24, 2.45) is 0 Å². The minimum absolute atomic E-state index is 0.631. The molecule has 3 heteroatoms. The standard InChI is InChI=1S/C9H16OSSe/c1-2-4-12-9(3-1)7-11-6-8-5-10-8/h8-9H,1-7H2. The van der Waals surface area contributed by atoms with Crippen LogP contribution < -0.4 is 0 Å². The van der Waals surface area contributed by atoms with Crippen molar-refractivity contribution in [2.75, 3.05) is 18.1 Å². The molecule has 2 aliphatic heterocycles. The van der Waals surface area contributed by atoms with Gasteiger partial charge in [0.05, 0.1) is 0 Å². The van der Waals surface area contributed by atoms with Gasteiger partial charge < -0.3 is 0 Å². The van der Waals surface area contributed by atoms with E-state index in [1.165, 1.54) is 36.1 Å². The van der Waals surface area contributed by atoms with Gasteiger partial charge in [-0.25, -0.2) is 0 Å². The van der Waals surface area contributed by atoms with Crippen LogP contribution in [-0.2, 0) is 4.74 Å². The molecule has 0 radical (unpaired) electrons. The van der Waals surface area contributed by atoms with Crippen LogP contribution in [0.1, 0.15) is 19.3 Å². The van der Waals surface area contributed by atoms with Crippen molar-refractivity contribution in [2.45, 2.75) is 35.5 Å². The molecule has 0 aromatic rings. The average molecular weight is 251 g/mol. The van der Waals surface area contributed by atoms with E-state index in [4.69, 9.17) is 4.74 Å². The van der Waals surface area contributed by atoms with Gasteiger partial charge in [0.1, 0.15) is 0 Å². The Kier molecular flexibility index (Phi) is 3.83. The van der Waals surface area contributed by atoms with E-state index >= 15 is 0 Å². The van der Waals surface area contributed by atoms with Gasteiger partial charge >= 0.3 is 85.1 Å². The summed E-state index contributed by atoms with van der Waals surface area (Å²) >= 11 is 3.09. The molecule has 2 aliphatic rings. The summed E-state index contributed by atoms with van der Waals surface area (Å²) < 4.78 is 5.18. The maximum atomic E-state index is 5.18. The van der Waals surface area contributed by atoms with Crippen LogP contribution in [0, 0.1) is 0 Å². The predicted octanol–water partition coefficient (Wildman–Crippen LogP) is 2.21. The predicted molar refractivity (Wildman–Crippen MR) is 55.2 cm³/mol. The van der Waals surface area contributed by atoms with Crippen LogP contribution >= 0.6 is 11.8 Å². The van der Waals surface area contributed by atoms with E-state index in [0.717, 1.165) is 26.4 Å². The molecule has 2 atom stereocenters. The van der Waals surface area contributed by atoms with Crippen molar-refractivity contribution in [3.8, 4) is 0 Å². The molecule has 0 aromatic carbocycles. The Morgan fingerprint density at radius 3 is 2.92 bits per heavy atom. The van der Waals surface area contributed by atoms with Gasteiger partial charge in [0, 0.05) is 0 Å². The Morgan fingerprint density at radius 2 is 2.25 bits per heavy atom. The molecule has 2 saturated heterocycles. The number of hydrogen-bond acceptors (Lipinski definition) is 2. The molecule has 1 nitrogen and oxygen atoms in total. The molecule has 0 aliphatic carbocycles. The summed E-state index contributed by atoms with van der Waals surface area (Å²) in [6.07, 6.45) is 5.14. The SMILES string of the molecule is C1CCC(CSCC2CO2)[Se]C1. The molecule has 70 valence electrons. The molecule has 0 spiro atoms. The van der Waals surface area contributed by atoms with Gasteiger partial charge in [-0.3, -0.25) is 0 Å². The van der Waals surface area contributed by atoms with Gasteiger partial charge in [-0.05, 0) is 0 Å². The number of ether oxygens (including phenoxy) is 1. The van der Waals surface area contributed by atoms with Gasteiger partial charge in [-0.2, -0.15) is 0 Å². The second kappa shape index (κ2) is 4.90. The Balaban J connectivity index is 1.52. The normalized spacial score (nSPS) is 35.0. The van der Waals surface area contributed by atoms with Crippen LogP contribution in [0.25, 0.3) is 0 Å². The molecule has 0 amide bonds. The summed E-state index contributed by atoms with van der Waals surface area (Å²) in [5.74, 6) is 2.67. The molecule has 0 aromatic heterocycles. The zero-order chi connectivity index (χ0) is 8.23. The molecule has 2 heterocycles. The zero-order valence-corrected chi connectivity index (χ0v) is 9.86. The first-order chi connectivity index (χ1) is 5.95. The van der Waals surface area contributed by atoms with Crippen LogP contribution in [0.3, 0.4) is 0 Å². The molecular formula is C9H16OSSe. The summed E-state index contributed by atoms with van der Waals surface area (Å²) in [4.78, 5) is 1.09. The van der Waals surface area contributed by atoms with Crippen LogP contribution in [0.15, 0.2) is 0 Å². The molecular weight excluding hydrogens is 235 g/mol. The van der Waals surface area contributed by atoms with E-state index in [-0.39, 0.29) is 0 Å². The van der Waals surface area contributed by atoms with Gasteiger partial charge in [-0.1, -0.05) is 0 Å². The zero-order valence-electron chi connectivity index (χ0n) is 7.33. The number of epoxide rings is 1. The first-order valence-electron chi connectivity index (χ1n) is 4.76. The third-order valence-corrected chi connectivity index (χ3v) is 6.94. The van der Waals surface area contributed by atoms with Crippen LogP contribution in [0.2, 0.25) is 10.1 Å².